The lowest BCUT2D eigenvalue weighted by Gasteiger charge is -2.29. The zero-order valence-electron chi connectivity index (χ0n) is 13.4. The van der Waals surface area contributed by atoms with Gasteiger partial charge < -0.3 is 10.0 Å². The van der Waals surface area contributed by atoms with Gasteiger partial charge >= 0.3 is 0 Å². The molecular weight excluding hydrogens is 359 g/mol. The predicted octanol–water partition coefficient (Wildman–Crippen LogP) is 3.59. The zero-order chi connectivity index (χ0) is 17.6. The van der Waals surface area contributed by atoms with Crippen LogP contribution in [0, 0.1) is 0 Å². The number of nitrogens with zero attached hydrogens (tertiary/aromatic N) is 2. The van der Waals surface area contributed by atoms with Gasteiger partial charge in [0.05, 0.1) is 10.0 Å². The van der Waals surface area contributed by atoms with Crippen LogP contribution in [0.4, 0.5) is 0 Å². The normalized spacial score (nSPS) is 16.0. The first-order valence-electron chi connectivity index (χ1n) is 8.11. The quantitative estimate of drug-likeness (QED) is 0.873. The summed E-state index contributed by atoms with van der Waals surface area (Å²) >= 11 is 12.9. The molecule has 2 aromatic rings. The van der Waals surface area contributed by atoms with E-state index in [4.69, 9.17) is 23.2 Å². The Balaban J connectivity index is 1.87. The molecule has 1 aliphatic carbocycles. The highest BCUT2D eigenvalue weighted by Crippen LogP contribution is 2.47. The molecule has 0 unspecified atom stereocenters. The van der Waals surface area contributed by atoms with Crippen LogP contribution < -0.4 is 0 Å². The maximum Gasteiger partial charge on any atom is 0.248 e. The molecule has 0 spiro atoms. The van der Waals surface area contributed by atoms with E-state index in [1.807, 2.05) is 18.2 Å². The van der Waals surface area contributed by atoms with E-state index in [0.717, 1.165) is 40.7 Å². The average Bonchev–Trinajstić information content (AvgIpc) is 3.03. The third-order valence-electron chi connectivity index (χ3n) is 4.95. The van der Waals surface area contributed by atoms with Crippen LogP contribution in [0.25, 0.3) is 16.7 Å². The maximum atomic E-state index is 11.9. The fourth-order valence-corrected chi connectivity index (χ4v) is 4.17. The number of aliphatic hydroxyl groups excluding tert-OH is 1. The van der Waals surface area contributed by atoms with Crippen LogP contribution in [-0.2, 0) is 11.2 Å². The first-order valence-corrected chi connectivity index (χ1v) is 8.87. The summed E-state index contributed by atoms with van der Waals surface area (Å²) in [4.78, 5) is 17.7. The van der Waals surface area contributed by atoms with E-state index in [-0.39, 0.29) is 5.91 Å². The highest BCUT2D eigenvalue weighted by Gasteiger charge is 2.33. The predicted molar refractivity (Wildman–Crippen MR) is 98.6 cm³/mol. The Hall–Kier alpha value is -1.88. The summed E-state index contributed by atoms with van der Waals surface area (Å²) in [6.07, 6.45) is 5.05. The van der Waals surface area contributed by atoms with E-state index >= 15 is 0 Å². The van der Waals surface area contributed by atoms with E-state index in [1.165, 1.54) is 5.57 Å². The molecular formula is C19H16Cl2N2O2. The van der Waals surface area contributed by atoms with Crippen LogP contribution in [-0.4, -0.2) is 40.6 Å². The Morgan fingerprint density at radius 2 is 2.04 bits per heavy atom. The van der Waals surface area contributed by atoms with Gasteiger partial charge in [-0.2, -0.15) is 0 Å². The number of pyridine rings is 1. The number of fused-ring (bicyclic) bond motifs is 2. The Morgan fingerprint density at radius 3 is 2.76 bits per heavy atom. The van der Waals surface area contributed by atoms with Crippen molar-refractivity contribution in [1.82, 2.24) is 9.88 Å². The summed E-state index contributed by atoms with van der Waals surface area (Å²) < 4.78 is 0. The minimum Gasteiger partial charge on any atom is -0.387 e. The summed E-state index contributed by atoms with van der Waals surface area (Å²) in [6, 6.07) is 5.77. The Morgan fingerprint density at radius 1 is 1.28 bits per heavy atom. The van der Waals surface area contributed by atoms with Crippen molar-refractivity contribution in [3.05, 3.63) is 57.3 Å². The van der Waals surface area contributed by atoms with Crippen molar-refractivity contribution in [3.8, 4) is 11.1 Å². The van der Waals surface area contributed by atoms with Crippen LogP contribution in [0.2, 0.25) is 10.0 Å². The number of rotatable bonds is 2. The van der Waals surface area contributed by atoms with Gasteiger partial charge in [0, 0.05) is 25.5 Å². The zero-order valence-corrected chi connectivity index (χ0v) is 14.9. The van der Waals surface area contributed by atoms with Crippen molar-refractivity contribution in [1.29, 1.82) is 0 Å². The van der Waals surface area contributed by atoms with Crippen LogP contribution in [0.1, 0.15) is 17.5 Å². The lowest BCUT2D eigenvalue weighted by molar-refractivity contribution is -0.133. The van der Waals surface area contributed by atoms with Crippen LogP contribution in [0.5, 0.6) is 0 Å². The number of amides is 1. The molecule has 0 saturated carbocycles. The van der Waals surface area contributed by atoms with Gasteiger partial charge in [0.2, 0.25) is 5.91 Å². The van der Waals surface area contributed by atoms with Gasteiger partial charge in [0.1, 0.15) is 6.61 Å². The second-order valence-corrected chi connectivity index (χ2v) is 7.08. The van der Waals surface area contributed by atoms with Crippen molar-refractivity contribution < 1.29 is 9.90 Å². The largest absolute Gasteiger partial charge is 0.387 e. The molecule has 6 heteroatoms. The molecule has 2 heterocycles. The fraction of sp³-hybridized carbons (Fsp3) is 0.263. The molecule has 128 valence electrons. The highest BCUT2D eigenvalue weighted by atomic mass is 35.5. The Bertz CT molecular complexity index is 894. The molecule has 4 nitrogen and oxygen atoms in total. The number of hydrogen-bond donors (Lipinski definition) is 1. The Labute approximate surface area is 155 Å². The highest BCUT2D eigenvalue weighted by molar-refractivity contribution is 6.43. The summed E-state index contributed by atoms with van der Waals surface area (Å²) in [6.45, 7) is 0.661. The lowest BCUT2D eigenvalue weighted by atomic mass is 9.92. The standard InChI is InChI=1S/C19H16Cl2N2O2/c20-16-8-13(11-1-4-22-5-2-11)18-14(19(16)21)7-12-3-6-23(9-15(12)18)17(25)10-24/h1-2,4-5,8,24H,3,6-7,9-10H2. The topological polar surface area (TPSA) is 53.4 Å². The van der Waals surface area contributed by atoms with Crippen LogP contribution in [0.3, 0.4) is 0 Å². The maximum absolute atomic E-state index is 11.9. The molecule has 1 aromatic heterocycles. The summed E-state index contributed by atoms with van der Waals surface area (Å²) in [5, 5.41) is 10.3. The van der Waals surface area contributed by atoms with Crippen LogP contribution in [0.15, 0.2) is 36.2 Å². The third-order valence-corrected chi connectivity index (χ3v) is 5.77. The Kier molecular flexibility index (Phi) is 4.28. The van der Waals surface area contributed by atoms with Crippen LogP contribution >= 0.6 is 23.2 Å². The van der Waals surface area contributed by atoms with Crippen molar-refractivity contribution in [3.63, 3.8) is 0 Å². The molecule has 0 saturated heterocycles. The van der Waals surface area contributed by atoms with Gasteiger partial charge in [-0.15, -0.1) is 0 Å². The van der Waals surface area contributed by atoms with Gasteiger partial charge in [-0.3, -0.25) is 9.78 Å². The number of carbonyl (C=O) groups excluding carboxylic acids is 1. The van der Waals surface area contributed by atoms with Gasteiger partial charge in [-0.25, -0.2) is 0 Å². The molecule has 1 aromatic carbocycles. The number of benzene rings is 1. The third kappa shape index (κ3) is 2.74. The molecule has 0 atom stereocenters. The first-order chi connectivity index (χ1) is 12.1. The van der Waals surface area contributed by atoms with Crippen molar-refractivity contribution in [2.75, 3.05) is 19.7 Å². The van der Waals surface area contributed by atoms with E-state index in [0.29, 0.717) is 23.1 Å². The van der Waals surface area contributed by atoms with Gasteiger partial charge in [0.15, 0.2) is 0 Å². The van der Waals surface area contributed by atoms with Crippen molar-refractivity contribution in [2.45, 2.75) is 12.8 Å². The van der Waals surface area contributed by atoms with E-state index in [9.17, 15) is 9.90 Å². The molecule has 0 radical (unpaired) electrons. The van der Waals surface area contributed by atoms with Gasteiger partial charge in [-0.1, -0.05) is 28.8 Å². The number of aliphatic hydroxyl groups is 1. The molecule has 0 bridgehead atoms. The SMILES string of the molecule is O=C(CO)N1CCC2=C(C1)c1c(-c3ccncc3)cc(Cl)c(Cl)c1C2. The monoisotopic (exact) mass is 374 g/mol. The van der Waals surface area contributed by atoms with E-state index < -0.39 is 6.61 Å². The molecule has 0 fully saturated rings. The van der Waals surface area contributed by atoms with Crippen molar-refractivity contribution >= 4 is 34.7 Å². The number of halogens is 2. The molecule has 2 aliphatic rings. The molecule has 4 rings (SSSR count). The number of carbonyl (C=O) groups is 1. The minimum absolute atomic E-state index is 0.245. The van der Waals surface area contributed by atoms with Gasteiger partial charge in [0.25, 0.3) is 0 Å². The molecule has 1 aliphatic heterocycles. The smallest absolute Gasteiger partial charge is 0.248 e. The second-order valence-electron chi connectivity index (χ2n) is 6.29. The minimum atomic E-state index is -0.464. The second kappa shape index (κ2) is 6.45. The summed E-state index contributed by atoms with van der Waals surface area (Å²) in [5.41, 5.74) is 6.57. The lowest BCUT2D eigenvalue weighted by Crippen LogP contribution is -2.37. The summed E-state index contributed by atoms with van der Waals surface area (Å²) in [5.74, 6) is -0.245. The average molecular weight is 375 g/mol. The molecule has 1 N–H and O–H groups in total. The number of aromatic nitrogens is 1. The van der Waals surface area contributed by atoms with Crippen molar-refractivity contribution in [2.24, 2.45) is 0 Å². The molecule has 1 amide bonds. The van der Waals surface area contributed by atoms with E-state index in [1.54, 1.807) is 17.3 Å². The molecule has 25 heavy (non-hydrogen) atoms. The summed E-state index contributed by atoms with van der Waals surface area (Å²) in [7, 11) is 0. The fourth-order valence-electron chi connectivity index (χ4n) is 3.73. The number of hydrogen-bond acceptors (Lipinski definition) is 3. The first kappa shape index (κ1) is 16.6. The van der Waals surface area contributed by atoms with Gasteiger partial charge in [-0.05, 0) is 58.9 Å². The van der Waals surface area contributed by atoms with E-state index in [2.05, 4.69) is 4.98 Å².